The first-order valence-electron chi connectivity index (χ1n) is 7.86. The van der Waals surface area contributed by atoms with Crippen LogP contribution >= 0.6 is 11.3 Å². The van der Waals surface area contributed by atoms with Gasteiger partial charge < -0.3 is 10.6 Å². The third-order valence-electron chi connectivity index (χ3n) is 3.96. The summed E-state index contributed by atoms with van der Waals surface area (Å²) in [7, 11) is 0. The number of thiazole rings is 1. The fraction of sp³-hybridized carbons (Fsp3) is 0.353. The molecule has 6 nitrogen and oxygen atoms in total. The lowest BCUT2D eigenvalue weighted by atomic mass is 10.1. The SMILES string of the molecule is Cc1nc(C)c([C@@H](C)NC(=O)c2cccc(N3CCNC3=O)c2)s1. The molecule has 2 aromatic rings. The number of hydrogen-bond acceptors (Lipinski definition) is 4. The van der Waals surface area contributed by atoms with Crippen LogP contribution < -0.4 is 15.5 Å². The number of carbonyl (C=O) groups excluding carboxylic acids is 2. The number of aromatic nitrogens is 1. The van der Waals surface area contributed by atoms with Gasteiger partial charge in [-0.05, 0) is 39.0 Å². The van der Waals surface area contributed by atoms with Crippen molar-refractivity contribution in [1.29, 1.82) is 0 Å². The van der Waals surface area contributed by atoms with E-state index in [1.807, 2.05) is 26.8 Å². The molecule has 0 unspecified atom stereocenters. The number of anilines is 1. The molecular formula is C17H20N4O2S. The number of nitrogens with zero attached hydrogens (tertiary/aromatic N) is 2. The highest BCUT2D eigenvalue weighted by atomic mass is 32.1. The first kappa shape index (κ1) is 16.4. The smallest absolute Gasteiger partial charge is 0.321 e. The summed E-state index contributed by atoms with van der Waals surface area (Å²) >= 11 is 1.60. The Balaban J connectivity index is 1.75. The van der Waals surface area contributed by atoms with Crippen LogP contribution in [0, 0.1) is 13.8 Å². The molecule has 1 aliphatic heterocycles. The fourth-order valence-corrected chi connectivity index (χ4v) is 3.76. The van der Waals surface area contributed by atoms with Crippen LogP contribution in [0.4, 0.5) is 10.5 Å². The number of hydrogen-bond donors (Lipinski definition) is 2. The second-order valence-corrected chi connectivity index (χ2v) is 7.05. The number of amides is 3. The maximum atomic E-state index is 12.5. The van der Waals surface area contributed by atoms with Crippen molar-refractivity contribution < 1.29 is 9.59 Å². The minimum Gasteiger partial charge on any atom is -0.345 e. The zero-order chi connectivity index (χ0) is 17.3. The average molecular weight is 344 g/mol. The lowest BCUT2D eigenvalue weighted by molar-refractivity contribution is 0.0940. The van der Waals surface area contributed by atoms with Gasteiger partial charge in [0.15, 0.2) is 0 Å². The van der Waals surface area contributed by atoms with E-state index in [2.05, 4.69) is 15.6 Å². The molecule has 1 saturated heterocycles. The van der Waals surface area contributed by atoms with Gasteiger partial charge >= 0.3 is 6.03 Å². The number of rotatable bonds is 4. The predicted octanol–water partition coefficient (Wildman–Crippen LogP) is 2.78. The van der Waals surface area contributed by atoms with Crippen molar-refractivity contribution >= 4 is 29.0 Å². The Kier molecular flexibility index (Phi) is 4.53. The highest BCUT2D eigenvalue weighted by Crippen LogP contribution is 2.25. The Labute approximate surface area is 144 Å². The van der Waals surface area contributed by atoms with Crippen LogP contribution in [0.2, 0.25) is 0 Å². The predicted molar refractivity (Wildman–Crippen MR) is 94.7 cm³/mol. The van der Waals surface area contributed by atoms with Crippen molar-refractivity contribution in [3.63, 3.8) is 0 Å². The normalized spacial score (nSPS) is 15.3. The van der Waals surface area contributed by atoms with Gasteiger partial charge in [0.2, 0.25) is 0 Å². The highest BCUT2D eigenvalue weighted by Gasteiger charge is 2.22. The molecule has 0 bridgehead atoms. The summed E-state index contributed by atoms with van der Waals surface area (Å²) in [6.45, 7) is 7.10. The number of aryl methyl sites for hydroxylation is 2. The molecule has 24 heavy (non-hydrogen) atoms. The summed E-state index contributed by atoms with van der Waals surface area (Å²) in [5.41, 5.74) is 2.22. The lowest BCUT2D eigenvalue weighted by Crippen LogP contribution is -2.29. The van der Waals surface area contributed by atoms with Gasteiger partial charge in [-0.25, -0.2) is 9.78 Å². The zero-order valence-corrected chi connectivity index (χ0v) is 14.7. The van der Waals surface area contributed by atoms with Crippen LogP contribution in [0.15, 0.2) is 24.3 Å². The maximum absolute atomic E-state index is 12.5. The maximum Gasteiger partial charge on any atom is 0.321 e. The minimum absolute atomic E-state index is 0.109. The van der Waals surface area contributed by atoms with E-state index in [9.17, 15) is 9.59 Å². The second kappa shape index (κ2) is 6.60. The van der Waals surface area contributed by atoms with Crippen molar-refractivity contribution in [3.8, 4) is 0 Å². The third kappa shape index (κ3) is 3.26. The van der Waals surface area contributed by atoms with Crippen molar-refractivity contribution in [1.82, 2.24) is 15.6 Å². The first-order chi connectivity index (χ1) is 11.5. The number of nitrogens with one attached hydrogen (secondary N) is 2. The van der Waals surface area contributed by atoms with E-state index in [0.717, 1.165) is 21.3 Å². The van der Waals surface area contributed by atoms with Gasteiger partial charge in [-0.15, -0.1) is 11.3 Å². The lowest BCUT2D eigenvalue weighted by Gasteiger charge is -2.16. The summed E-state index contributed by atoms with van der Waals surface area (Å²) in [6.07, 6.45) is 0. The van der Waals surface area contributed by atoms with E-state index in [0.29, 0.717) is 18.7 Å². The summed E-state index contributed by atoms with van der Waals surface area (Å²) in [5, 5.41) is 6.76. The van der Waals surface area contributed by atoms with Crippen LogP contribution in [0.5, 0.6) is 0 Å². The Morgan fingerprint density at radius 3 is 2.83 bits per heavy atom. The summed E-state index contributed by atoms with van der Waals surface area (Å²) in [6, 6.07) is 6.89. The van der Waals surface area contributed by atoms with E-state index in [1.165, 1.54) is 0 Å². The molecule has 3 rings (SSSR count). The minimum atomic E-state index is -0.158. The Morgan fingerprint density at radius 2 is 2.21 bits per heavy atom. The molecule has 1 fully saturated rings. The van der Waals surface area contributed by atoms with E-state index in [1.54, 1.807) is 34.4 Å². The molecular weight excluding hydrogens is 324 g/mol. The van der Waals surface area contributed by atoms with Crippen LogP contribution in [-0.4, -0.2) is 30.0 Å². The second-order valence-electron chi connectivity index (χ2n) is 5.81. The van der Waals surface area contributed by atoms with Crippen molar-refractivity contribution in [2.75, 3.05) is 18.0 Å². The van der Waals surface area contributed by atoms with Crippen LogP contribution in [0.3, 0.4) is 0 Å². The summed E-state index contributed by atoms with van der Waals surface area (Å²) in [5.74, 6) is -0.158. The topological polar surface area (TPSA) is 74.3 Å². The number of benzene rings is 1. The van der Waals surface area contributed by atoms with E-state index < -0.39 is 0 Å². The van der Waals surface area contributed by atoms with E-state index >= 15 is 0 Å². The molecule has 0 spiro atoms. The van der Waals surface area contributed by atoms with Crippen molar-refractivity contribution in [2.45, 2.75) is 26.8 Å². The van der Waals surface area contributed by atoms with Crippen LogP contribution in [0.1, 0.15) is 38.9 Å². The highest BCUT2D eigenvalue weighted by molar-refractivity contribution is 7.11. The van der Waals surface area contributed by atoms with Gasteiger partial charge in [0.1, 0.15) is 0 Å². The number of carbonyl (C=O) groups is 2. The monoisotopic (exact) mass is 344 g/mol. The Morgan fingerprint density at radius 1 is 1.42 bits per heavy atom. The van der Waals surface area contributed by atoms with Gasteiger partial charge in [-0.1, -0.05) is 6.07 Å². The molecule has 2 N–H and O–H groups in total. The molecule has 0 aliphatic carbocycles. The van der Waals surface area contributed by atoms with Crippen LogP contribution in [0.25, 0.3) is 0 Å². The molecule has 1 atom stereocenters. The molecule has 1 aromatic heterocycles. The van der Waals surface area contributed by atoms with Crippen molar-refractivity contribution in [2.24, 2.45) is 0 Å². The molecule has 7 heteroatoms. The van der Waals surface area contributed by atoms with Gasteiger partial charge in [-0.2, -0.15) is 0 Å². The van der Waals surface area contributed by atoms with E-state index in [-0.39, 0.29) is 18.0 Å². The van der Waals surface area contributed by atoms with Gasteiger partial charge in [-0.3, -0.25) is 9.69 Å². The molecule has 0 saturated carbocycles. The molecule has 1 aliphatic rings. The van der Waals surface area contributed by atoms with Crippen molar-refractivity contribution in [3.05, 3.63) is 45.4 Å². The first-order valence-corrected chi connectivity index (χ1v) is 8.67. The molecule has 1 aromatic carbocycles. The summed E-state index contributed by atoms with van der Waals surface area (Å²) < 4.78 is 0. The van der Waals surface area contributed by atoms with Crippen LogP contribution in [-0.2, 0) is 0 Å². The largest absolute Gasteiger partial charge is 0.345 e. The molecule has 126 valence electrons. The van der Waals surface area contributed by atoms with Gasteiger partial charge in [0, 0.05) is 29.2 Å². The molecule has 3 amide bonds. The fourth-order valence-electron chi connectivity index (χ4n) is 2.83. The molecule has 0 radical (unpaired) electrons. The standard InChI is InChI=1S/C17H20N4O2S/c1-10-15(24-12(3)19-10)11(2)20-16(22)13-5-4-6-14(9-13)21-8-7-18-17(21)23/h4-6,9,11H,7-8H2,1-3H3,(H,18,23)(H,20,22)/t11-/m1/s1. The Hall–Kier alpha value is -2.41. The van der Waals surface area contributed by atoms with Gasteiger partial charge in [0.25, 0.3) is 5.91 Å². The zero-order valence-electron chi connectivity index (χ0n) is 13.9. The molecule has 2 heterocycles. The van der Waals surface area contributed by atoms with Gasteiger partial charge in [0.05, 0.1) is 16.7 Å². The van der Waals surface area contributed by atoms with E-state index in [4.69, 9.17) is 0 Å². The Bertz CT molecular complexity index is 787. The summed E-state index contributed by atoms with van der Waals surface area (Å²) in [4.78, 5) is 31.4. The average Bonchev–Trinajstić information content (AvgIpc) is 3.12. The third-order valence-corrected chi connectivity index (χ3v) is 5.21. The quantitative estimate of drug-likeness (QED) is 0.896. The number of urea groups is 1.